The number of aromatic carboxylic acids is 1. The number of hydrogen-bond donors (Lipinski definition) is 1. The number of ether oxygens (including phenoxy) is 2. The maximum absolute atomic E-state index is 11.3. The number of morpholine rings is 1. The number of nitrogens with zero attached hydrogens (tertiary/aromatic N) is 1. The van der Waals surface area contributed by atoms with Crippen molar-refractivity contribution in [2.24, 2.45) is 0 Å². The molecular formula is C21H25NO4. The van der Waals surface area contributed by atoms with Crippen LogP contribution in [-0.4, -0.2) is 48.9 Å². The first kappa shape index (κ1) is 18.4. The van der Waals surface area contributed by atoms with Gasteiger partial charge in [-0.05, 0) is 43.2 Å². The van der Waals surface area contributed by atoms with Crippen molar-refractivity contribution in [2.75, 3.05) is 32.9 Å². The van der Waals surface area contributed by atoms with Gasteiger partial charge in [0.05, 0.1) is 25.4 Å². The Morgan fingerprint density at radius 1 is 1.19 bits per heavy atom. The van der Waals surface area contributed by atoms with Gasteiger partial charge in [-0.1, -0.05) is 24.3 Å². The molecule has 3 rings (SSSR count). The summed E-state index contributed by atoms with van der Waals surface area (Å²) in [6.45, 7) is 8.10. The normalized spacial score (nSPS) is 16.2. The first-order valence-corrected chi connectivity index (χ1v) is 9.02. The van der Waals surface area contributed by atoms with Gasteiger partial charge in [0.2, 0.25) is 0 Å². The van der Waals surface area contributed by atoms with Crippen molar-refractivity contribution in [1.82, 2.24) is 4.90 Å². The molecule has 0 saturated carbocycles. The molecule has 1 heterocycles. The lowest BCUT2D eigenvalue weighted by Gasteiger charge is -2.32. The van der Waals surface area contributed by atoms with Crippen LogP contribution < -0.4 is 4.74 Å². The summed E-state index contributed by atoms with van der Waals surface area (Å²) in [6, 6.07) is 13.6. The van der Waals surface area contributed by atoms with Crippen molar-refractivity contribution in [2.45, 2.75) is 19.9 Å². The van der Waals surface area contributed by atoms with Crippen LogP contribution in [0.2, 0.25) is 0 Å². The highest BCUT2D eigenvalue weighted by Gasteiger charge is 2.19. The van der Waals surface area contributed by atoms with E-state index in [1.807, 2.05) is 19.1 Å². The lowest BCUT2D eigenvalue weighted by atomic mass is 9.98. The number of carboxylic acid groups (broad SMARTS) is 1. The van der Waals surface area contributed by atoms with Crippen LogP contribution in [-0.2, 0) is 4.74 Å². The Morgan fingerprint density at radius 3 is 2.50 bits per heavy atom. The van der Waals surface area contributed by atoms with Crippen LogP contribution in [0, 0.1) is 0 Å². The molecule has 138 valence electrons. The van der Waals surface area contributed by atoms with E-state index in [1.165, 1.54) is 5.56 Å². The average Bonchev–Trinajstić information content (AvgIpc) is 2.68. The SMILES string of the molecule is CCOc1ccc(C(=O)O)cc1-c1ccc([C@@H](C)N2CCOCC2)cc1. The van der Waals surface area contributed by atoms with Gasteiger partial charge in [-0.25, -0.2) is 4.79 Å². The van der Waals surface area contributed by atoms with E-state index in [2.05, 4.69) is 24.0 Å². The molecule has 1 N–H and O–H groups in total. The van der Waals surface area contributed by atoms with Crippen molar-refractivity contribution in [3.8, 4) is 16.9 Å². The summed E-state index contributed by atoms with van der Waals surface area (Å²) in [6.07, 6.45) is 0. The topological polar surface area (TPSA) is 59.0 Å². The van der Waals surface area contributed by atoms with Gasteiger partial charge >= 0.3 is 5.97 Å². The lowest BCUT2D eigenvalue weighted by molar-refractivity contribution is 0.0198. The number of hydrogen-bond acceptors (Lipinski definition) is 4. The molecule has 5 heteroatoms. The van der Waals surface area contributed by atoms with E-state index in [9.17, 15) is 9.90 Å². The maximum Gasteiger partial charge on any atom is 0.335 e. The second kappa shape index (κ2) is 8.34. The summed E-state index contributed by atoms with van der Waals surface area (Å²) in [5.74, 6) is -0.238. The van der Waals surface area contributed by atoms with Gasteiger partial charge in [0.25, 0.3) is 0 Å². The maximum atomic E-state index is 11.3. The quantitative estimate of drug-likeness (QED) is 0.853. The zero-order valence-corrected chi connectivity index (χ0v) is 15.3. The second-order valence-corrected chi connectivity index (χ2v) is 6.40. The van der Waals surface area contributed by atoms with E-state index in [1.54, 1.807) is 18.2 Å². The molecule has 26 heavy (non-hydrogen) atoms. The highest BCUT2D eigenvalue weighted by atomic mass is 16.5. The smallest absolute Gasteiger partial charge is 0.335 e. The third kappa shape index (κ3) is 4.06. The zero-order valence-electron chi connectivity index (χ0n) is 15.3. The van der Waals surface area contributed by atoms with E-state index in [0.717, 1.165) is 37.4 Å². The minimum absolute atomic E-state index is 0.259. The van der Waals surface area contributed by atoms with Gasteiger partial charge in [0.15, 0.2) is 0 Å². The van der Waals surface area contributed by atoms with Crippen LogP contribution in [0.4, 0.5) is 0 Å². The van der Waals surface area contributed by atoms with Crippen molar-refractivity contribution in [1.29, 1.82) is 0 Å². The molecule has 2 aromatic rings. The standard InChI is InChI=1S/C21H25NO4/c1-3-26-20-9-8-18(21(23)24)14-19(20)17-6-4-16(5-7-17)15(2)22-10-12-25-13-11-22/h4-9,14-15H,3,10-13H2,1-2H3,(H,23,24)/t15-/m1/s1. The molecule has 1 fully saturated rings. The van der Waals surface area contributed by atoms with E-state index in [4.69, 9.17) is 9.47 Å². The Labute approximate surface area is 154 Å². The van der Waals surface area contributed by atoms with Crippen molar-refractivity contribution < 1.29 is 19.4 Å². The number of benzene rings is 2. The van der Waals surface area contributed by atoms with Gasteiger partial charge in [0, 0.05) is 24.7 Å². The largest absolute Gasteiger partial charge is 0.493 e. The summed E-state index contributed by atoms with van der Waals surface area (Å²) in [5, 5.41) is 9.28. The number of carboxylic acids is 1. The summed E-state index contributed by atoms with van der Waals surface area (Å²) in [5.41, 5.74) is 3.25. The third-order valence-corrected chi connectivity index (χ3v) is 4.82. The van der Waals surface area contributed by atoms with Gasteiger partial charge in [-0.3, -0.25) is 4.90 Å². The van der Waals surface area contributed by atoms with Crippen molar-refractivity contribution in [3.63, 3.8) is 0 Å². The van der Waals surface area contributed by atoms with Crippen LogP contribution in [0.25, 0.3) is 11.1 Å². The van der Waals surface area contributed by atoms with Crippen LogP contribution in [0.15, 0.2) is 42.5 Å². The monoisotopic (exact) mass is 355 g/mol. The Bertz CT molecular complexity index is 751. The molecule has 1 saturated heterocycles. The molecule has 0 aromatic heterocycles. The average molecular weight is 355 g/mol. The molecule has 1 atom stereocenters. The van der Waals surface area contributed by atoms with E-state index < -0.39 is 5.97 Å². The molecule has 0 aliphatic carbocycles. The Balaban J connectivity index is 1.87. The summed E-state index contributed by atoms with van der Waals surface area (Å²) in [7, 11) is 0. The first-order chi connectivity index (χ1) is 12.6. The Morgan fingerprint density at radius 2 is 1.88 bits per heavy atom. The van der Waals surface area contributed by atoms with Gasteiger partial charge in [-0.2, -0.15) is 0 Å². The lowest BCUT2D eigenvalue weighted by Crippen LogP contribution is -2.37. The molecule has 0 bridgehead atoms. The molecular weight excluding hydrogens is 330 g/mol. The fraction of sp³-hybridized carbons (Fsp3) is 0.381. The molecule has 0 spiro atoms. The fourth-order valence-corrected chi connectivity index (χ4v) is 3.29. The third-order valence-electron chi connectivity index (χ3n) is 4.82. The molecule has 2 aromatic carbocycles. The van der Waals surface area contributed by atoms with Crippen molar-refractivity contribution >= 4 is 5.97 Å². The van der Waals surface area contributed by atoms with Gasteiger partial charge in [-0.15, -0.1) is 0 Å². The van der Waals surface area contributed by atoms with Crippen LogP contribution >= 0.6 is 0 Å². The predicted octanol–water partition coefficient (Wildman–Crippen LogP) is 3.84. The number of rotatable bonds is 6. The summed E-state index contributed by atoms with van der Waals surface area (Å²) in [4.78, 5) is 13.7. The second-order valence-electron chi connectivity index (χ2n) is 6.40. The number of carbonyl (C=O) groups is 1. The summed E-state index contributed by atoms with van der Waals surface area (Å²) >= 11 is 0. The highest BCUT2D eigenvalue weighted by Crippen LogP contribution is 2.32. The van der Waals surface area contributed by atoms with Crippen LogP contribution in [0.3, 0.4) is 0 Å². The fourth-order valence-electron chi connectivity index (χ4n) is 3.29. The van der Waals surface area contributed by atoms with Crippen molar-refractivity contribution in [3.05, 3.63) is 53.6 Å². The molecule has 5 nitrogen and oxygen atoms in total. The molecule has 1 aliphatic heterocycles. The minimum atomic E-state index is -0.938. The summed E-state index contributed by atoms with van der Waals surface area (Å²) < 4.78 is 11.1. The van der Waals surface area contributed by atoms with E-state index in [0.29, 0.717) is 18.4 Å². The highest BCUT2D eigenvalue weighted by molar-refractivity contribution is 5.90. The van der Waals surface area contributed by atoms with Crippen LogP contribution in [0.5, 0.6) is 5.75 Å². The molecule has 0 amide bonds. The molecule has 1 aliphatic rings. The van der Waals surface area contributed by atoms with Crippen LogP contribution in [0.1, 0.15) is 35.8 Å². The Hall–Kier alpha value is -2.37. The Kier molecular flexibility index (Phi) is 5.91. The predicted molar refractivity (Wildman–Crippen MR) is 101 cm³/mol. The molecule has 0 unspecified atom stereocenters. The van der Waals surface area contributed by atoms with Gasteiger partial charge < -0.3 is 14.6 Å². The zero-order chi connectivity index (χ0) is 18.5. The van der Waals surface area contributed by atoms with Gasteiger partial charge in [0.1, 0.15) is 5.75 Å². The first-order valence-electron chi connectivity index (χ1n) is 9.02. The molecule has 0 radical (unpaired) electrons. The van der Waals surface area contributed by atoms with E-state index in [-0.39, 0.29) is 5.56 Å². The minimum Gasteiger partial charge on any atom is -0.493 e. The van der Waals surface area contributed by atoms with E-state index >= 15 is 0 Å².